The Morgan fingerprint density at radius 3 is 3.00 bits per heavy atom. The number of anilines is 2. The minimum absolute atomic E-state index is 0.151. The second-order valence-corrected chi connectivity index (χ2v) is 4.43. The summed E-state index contributed by atoms with van der Waals surface area (Å²) < 4.78 is 5.02. The average molecular weight is 280 g/mol. The van der Waals surface area contributed by atoms with Gasteiger partial charge in [0.25, 0.3) is 0 Å². The first-order valence-corrected chi connectivity index (χ1v) is 6.38. The van der Waals surface area contributed by atoms with Crippen LogP contribution in [0.2, 0.25) is 0 Å². The Kier molecular flexibility index (Phi) is 4.02. The third kappa shape index (κ3) is 2.63. The lowest BCUT2D eigenvalue weighted by atomic mass is 10.2. The SMILES string of the molecule is CCOC(=O)C1CCCN1c1ccc([N+](=O)[O-])c(N)n1. The molecule has 2 rings (SSSR count). The van der Waals surface area contributed by atoms with Crippen molar-refractivity contribution in [1.82, 2.24) is 4.98 Å². The van der Waals surface area contributed by atoms with Crippen LogP contribution in [-0.4, -0.2) is 35.1 Å². The Morgan fingerprint density at radius 1 is 1.65 bits per heavy atom. The zero-order chi connectivity index (χ0) is 14.7. The zero-order valence-electron chi connectivity index (χ0n) is 11.1. The number of nitro groups is 1. The van der Waals surface area contributed by atoms with Gasteiger partial charge in [-0.15, -0.1) is 0 Å². The number of carbonyl (C=O) groups excluding carboxylic acids is 1. The maximum atomic E-state index is 11.9. The van der Waals surface area contributed by atoms with Crippen LogP contribution in [0.1, 0.15) is 19.8 Å². The minimum atomic E-state index is -0.584. The summed E-state index contributed by atoms with van der Waals surface area (Å²) in [5.41, 5.74) is 5.34. The lowest BCUT2D eigenvalue weighted by molar-refractivity contribution is -0.384. The zero-order valence-corrected chi connectivity index (χ0v) is 11.1. The van der Waals surface area contributed by atoms with Crippen molar-refractivity contribution in [2.75, 3.05) is 23.8 Å². The first-order valence-electron chi connectivity index (χ1n) is 6.38. The number of ether oxygens (including phenoxy) is 1. The Hall–Kier alpha value is -2.38. The Balaban J connectivity index is 2.24. The van der Waals surface area contributed by atoms with Crippen LogP contribution in [0.3, 0.4) is 0 Å². The number of hydrogen-bond donors (Lipinski definition) is 1. The van der Waals surface area contributed by atoms with Crippen LogP contribution in [0.15, 0.2) is 12.1 Å². The lowest BCUT2D eigenvalue weighted by Crippen LogP contribution is -2.37. The summed E-state index contributed by atoms with van der Waals surface area (Å²) in [6.07, 6.45) is 1.51. The van der Waals surface area contributed by atoms with E-state index >= 15 is 0 Å². The van der Waals surface area contributed by atoms with Gasteiger partial charge in [-0.2, -0.15) is 0 Å². The third-order valence-electron chi connectivity index (χ3n) is 3.19. The van der Waals surface area contributed by atoms with Crippen LogP contribution >= 0.6 is 0 Å². The molecule has 1 aromatic rings. The molecule has 2 N–H and O–H groups in total. The molecule has 1 atom stereocenters. The Morgan fingerprint density at radius 2 is 2.40 bits per heavy atom. The molecule has 0 spiro atoms. The number of pyridine rings is 1. The van der Waals surface area contributed by atoms with Gasteiger partial charge in [0, 0.05) is 12.6 Å². The number of hydrogen-bond acceptors (Lipinski definition) is 7. The van der Waals surface area contributed by atoms with Gasteiger partial charge in [-0.05, 0) is 25.8 Å². The second-order valence-electron chi connectivity index (χ2n) is 4.43. The fraction of sp³-hybridized carbons (Fsp3) is 0.500. The molecule has 1 aliphatic heterocycles. The molecular weight excluding hydrogens is 264 g/mol. The normalized spacial score (nSPS) is 18.1. The van der Waals surface area contributed by atoms with Crippen molar-refractivity contribution in [2.45, 2.75) is 25.8 Å². The molecule has 1 aliphatic rings. The van der Waals surface area contributed by atoms with E-state index in [2.05, 4.69) is 4.98 Å². The Labute approximate surface area is 115 Å². The van der Waals surface area contributed by atoms with E-state index in [1.165, 1.54) is 12.1 Å². The molecule has 0 amide bonds. The highest BCUT2D eigenvalue weighted by molar-refractivity contribution is 5.80. The monoisotopic (exact) mass is 280 g/mol. The molecule has 0 bridgehead atoms. The van der Waals surface area contributed by atoms with Crippen LogP contribution < -0.4 is 10.6 Å². The molecule has 2 heterocycles. The molecule has 8 heteroatoms. The van der Waals surface area contributed by atoms with Crippen molar-refractivity contribution in [3.63, 3.8) is 0 Å². The van der Waals surface area contributed by atoms with Gasteiger partial charge >= 0.3 is 11.7 Å². The van der Waals surface area contributed by atoms with Gasteiger partial charge in [-0.1, -0.05) is 0 Å². The van der Waals surface area contributed by atoms with Gasteiger partial charge in [-0.3, -0.25) is 10.1 Å². The molecule has 108 valence electrons. The molecule has 1 aromatic heterocycles. The smallest absolute Gasteiger partial charge is 0.328 e. The number of nitrogen functional groups attached to an aromatic ring is 1. The van der Waals surface area contributed by atoms with Gasteiger partial charge in [0.1, 0.15) is 11.9 Å². The van der Waals surface area contributed by atoms with Gasteiger partial charge in [0.15, 0.2) is 0 Å². The molecule has 20 heavy (non-hydrogen) atoms. The summed E-state index contributed by atoms with van der Waals surface area (Å²) in [4.78, 5) is 27.8. The first kappa shape index (κ1) is 14.0. The van der Waals surface area contributed by atoms with E-state index in [4.69, 9.17) is 10.5 Å². The standard InChI is InChI=1S/C12H16N4O4/c1-2-20-12(17)9-4-3-7-15(9)10-6-5-8(16(18)19)11(13)14-10/h5-6,9H,2-4,7H2,1H3,(H2,13,14). The average Bonchev–Trinajstić information content (AvgIpc) is 2.87. The maximum Gasteiger partial charge on any atom is 0.328 e. The van der Waals surface area contributed by atoms with E-state index in [0.29, 0.717) is 25.4 Å². The second kappa shape index (κ2) is 5.72. The van der Waals surface area contributed by atoms with Crippen molar-refractivity contribution in [3.8, 4) is 0 Å². The highest BCUT2D eigenvalue weighted by Gasteiger charge is 2.33. The van der Waals surface area contributed by atoms with Crippen molar-refractivity contribution in [1.29, 1.82) is 0 Å². The van der Waals surface area contributed by atoms with Crippen LogP contribution in [0, 0.1) is 10.1 Å². The van der Waals surface area contributed by atoms with Crippen molar-refractivity contribution >= 4 is 23.3 Å². The molecule has 1 fully saturated rings. The molecule has 8 nitrogen and oxygen atoms in total. The molecule has 0 radical (unpaired) electrons. The van der Waals surface area contributed by atoms with Crippen molar-refractivity contribution in [3.05, 3.63) is 22.2 Å². The van der Waals surface area contributed by atoms with E-state index in [0.717, 1.165) is 6.42 Å². The van der Waals surface area contributed by atoms with Crippen LogP contribution in [0.4, 0.5) is 17.3 Å². The van der Waals surface area contributed by atoms with Gasteiger partial charge in [-0.25, -0.2) is 9.78 Å². The number of carbonyl (C=O) groups is 1. The fourth-order valence-corrected chi connectivity index (χ4v) is 2.30. The predicted octanol–water partition coefficient (Wildman–Crippen LogP) is 1.10. The quantitative estimate of drug-likeness (QED) is 0.499. The molecule has 0 aromatic carbocycles. The first-order chi connectivity index (χ1) is 9.54. The number of nitrogens with two attached hydrogens (primary N) is 1. The van der Waals surface area contributed by atoms with E-state index in [-0.39, 0.29) is 17.5 Å². The highest BCUT2D eigenvalue weighted by atomic mass is 16.6. The van der Waals surface area contributed by atoms with Crippen molar-refractivity contribution in [2.24, 2.45) is 0 Å². The number of esters is 1. The van der Waals surface area contributed by atoms with Crippen LogP contribution in [-0.2, 0) is 9.53 Å². The topological polar surface area (TPSA) is 112 Å². The largest absolute Gasteiger partial charge is 0.464 e. The summed E-state index contributed by atoms with van der Waals surface area (Å²) in [6.45, 7) is 2.71. The summed E-state index contributed by atoms with van der Waals surface area (Å²) >= 11 is 0. The summed E-state index contributed by atoms with van der Waals surface area (Å²) in [6, 6.07) is 2.41. The number of nitrogens with zero attached hydrogens (tertiary/aromatic N) is 3. The fourth-order valence-electron chi connectivity index (χ4n) is 2.30. The molecule has 0 saturated carbocycles. The van der Waals surface area contributed by atoms with E-state index in [1.807, 2.05) is 0 Å². The van der Waals surface area contributed by atoms with E-state index < -0.39 is 11.0 Å². The Bertz CT molecular complexity index is 534. The highest BCUT2D eigenvalue weighted by Crippen LogP contribution is 2.28. The van der Waals surface area contributed by atoms with Crippen LogP contribution in [0.5, 0.6) is 0 Å². The van der Waals surface area contributed by atoms with Crippen molar-refractivity contribution < 1.29 is 14.5 Å². The number of aromatic nitrogens is 1. The summed E-state index contributed by atoms with van der Waals surface area (Å²) in [7, 11) is 0. The summed E-state index contributed by atoms with van der Waals surface area (Å²) in [5, 5.41) is 10.7. The molecule has 0 aliphatic carbocycles. The molecule has 1 saturated heterocycles. The third-order valence-corrected chi connectivity index (χ3v) is 3.19. The maximum absolute atomic E-state index is 11.9. The minimum Gasteiger partial charge on any atom is -0.464 e. The van der Waals surface area contributed by atoms with Gasteiger partial charge < -0.3 is 15.4 Å². The van der Waals surface area contributed by atoms with E-state index in [1.54, 1.807) is 11.8 Å². The van der Waals surface area contributed by atoms with E-state index in [9.17, 15) is 14.9 Å². The van der Waals surface area contributed by atoms with Gasteiger partial charge in [0.2, 0.25) is 5.82 Å². The van der Waals surface area contributed by atoms with Gasteiger partial charge in [0.05, 0.1) is 11.5 Å². The summed E-state index contributed by atoms with van der Waals surface area (Å²) in [5.74, 6) is 0.00869. The predicted molar refractivity (Wildman–Crippen MR) is 72.3 cm³/mol. The molecular formula is C12H16N4O4. The molecule has 1 unspecified atom stereocenters. The lowest BCUT2D eigenvalue weighted by Gasteiger charge is -2.24. The van der Waals surface area contributed by atoms with Crippen LogP contribution in [0.25, 0.3) is 0 Å². The number of rotatable bonds is 4.